The molecule has 0 fully saturated rings. The summed E-state index contributed by atoms with van der Waals surface area (Å²) in [6.45, 7) is 3.21. The van der Waals surface area contributed by atoms with Gasteiger partial charge in [-0.15, -0.1) is 11.3 Å². The van der Waals surface area contributed by atoms with Crippen LogP contribution in [0.15, 0.2) is 45.9 Å². The number of rotatable bonds is 5. The molecule has 0 aliphatic heterocycles. The van der Waals surface area contributed by atoms with Gasteiger partial charge in [0.15, 0.2) is 5.96 Å². The van der Waals surface area contributed by atoms with E-state index in [9.17, 15) is 0 Å². The van der Waals surface area contributed by atoms with Crippen LogP contribution in [0.2, 0.25) is 5.02 Å². The molecule has 1 aromatic carbocycles. The lowest BCUT2D eigenvalue weighted by atomic mass is 10.2. The Morgan fingerprint density at radius 2 is 1.92 bits per heavy atom. The number of nitrogens with one attached hydrogen (secondary N) is 2. The first-order valence-corrected chi connectivity index (χ1v) is 8.92. The smallest absolute Gasteiger partial charge is 0.246 e. The molecule has 0 saturated carbocycles. The third-order valence-electron chi connectivity index (χ3n) is 3.43. The van der Waals surface area contributed by atoms with Gasteiger partial charge in [0, 0.05) is 27.4 Å². The molecule has 0 unspecified atom stereocenters. The summed E-state index contributed by atoms with van der Waals surface area (Å²) in [6.07, 6.45) is 0. The highest BCUT2D eigenvalue weighted by molar-refractivity contribution is 7.11. The highest BCUT2D eigenvalue weighted by Gasteiger charge is 2.09. The highest BCUT2D eigenvalue weighted by atomic mass is 35.5. The minimum atomic E-state index is 0.393. The Labute approximate surface area is 154 Å². The Hall–Kier alpha value is -2.38. The zero-order valence-corrected chi connectivity index (χ0v) is 15.5. The van der Waals surface area contributed by atoms with Crippen molar-refractivity contribution in [1.82, 2.24) is 20.8 Å². The highest BCUT2D eigenvalue weighted by Crippen LogP contribution is 2.18. The zero-order valence-electron chi connectivity index (χ0n) is 13.9. The Kier molecular flexibility index (Phi) is 5.67. The number of aliphatic imine (C=N–C) groups is 1. The van der Waals surface area contributed by atoms with Gasteiger partial charge in [-0.1, -0.05) is 16.8 Å². The minimum Gasteiger partial charge on any atom is -0.352 e. The molecule has 2 N–H and O–H groups in total. The van der Waals surface area contributed by atoms with E-state index in [2.05, 4.69) is 44.8 Å². The van der Waals surface area contributed by atoms with E-state index >= 15 is 0 Å². The van der Waals surface area contributed by atoms with Crippen LogP contribution in [0.4, 0.5) is 0 Å². The fourth-order valence-electron chi connectivity index (χ4n) is 2.17. The third kappa shape index (κ3) is 4.80. The van der Waals surface area contributed by atoms with Crippen LogP contribution < -0.4 is 10.6 Å². The van der Waals surface area contributed by atoms with Gasteiger partial charge in [0.25, 0.3) is 0 Å². The monoisotopic (exact) mass is 375 g/mol. The summed E-state index contributed by atoms with van der Waals surface area (Å²) < 4.78 is 5.27. The van der Waals surface area contributed by atoms with Gasteiger partial charge in [0.1, 0.15) is 0 Å². The molecule has 0 bridgehead atoms. The Bertz CT molecular complexity index is 856. The van der Waals surface area contributed by atoms with Crippen LogP contribution in [0.3, 0.4) is 0 Å². The van der Waals surface area contributed by atoms with Crippen molar-refractivity contribution in [3.05, 3.63) is 57.1 Å². The minimum absolute atomic E-state index is 0.393. The SMILES string of the molecule is CN=C(NCc1nc(-c2ccc(Cl)cc2)no1)NCc1ccc(C)s1. The zero-order chi connectivity index (χ0) is 17.6. The maximum Gasteiger partial charge on any atom is 0.246 e. The van der Waals surface area contributed by atoms with Crippen LogP contribution in [0.5, 0.6) is 0 Å². The predicted octanol–water partition coefficient (Wildman–Crippen LogP) is 3.63. The lowest BCUT2D eigenvalue weighted by Crippen LogP contribution is -2.36. The van der Waals surface area contributed by atoms with Crippen LogP contribution in [0.25, 0.3) is 11.4 Å². The molecule has 2 heterocycles. The van der Waals surface area contributed by atoms with E-state index in [1.54, 1.807) is 30.5 Å². The molecule has 0 saturated heterocycles. The van der Waals surface area contributed by atoms with E-state index in [0.717, 1.165) is 12.1 Å². The maximum atomic E-state index is 5.89. The van der Waals surface area contributed by atoms with Gasteiger partial charge in [-0.2, -0.15) is 4.98 Å². The van der Waals surface area contributed by atoms with Crippen molar-refractivity contribution in [3.8, 4) is 11.4 Å². The average Bonchev–Trinajstić information content (AvgIpc) is 3.25. The largest absolute Gasteiger partial charge is 0.352 e. The summed E-state index contributed by atoms with van der Waals surface area (Å²) in [5, 5.41) is 11.1. The predicted molar refractivity (Wildman–Crippen MR) is 101 cm³/mol. The average molecular weight is 376 g/mol. The van der Waals surface area contributed by atoms with Gasteiger partial charge in [-0.25, -0.2) is 0 Å². The van der Waals surface area contributed by atoms with Crippen molar-refractivity contribution < 1.29 is 4.52 Å². The van der Waals surface area contributed by atoms with Crippen molar-refractivity contribution in [2.24, 2.45) is 4.99 Å². The third-order valence-corrected chi connectivity index (χ3v) is 4.68. The van der Waals surface area contributed by atoms with E-state index in [-0.39, 0.29) is 0 Å². The van der Waals surface area contributed by atoms with E-state index in [1.807, 2.05) is 12.1 Å². The number of hydrogen-bond donors (Lipinski definition) is 2. The quantitative estimate of drug-likeness (QED) is 0.526. The summed E-state index contributed by atoms with van der Waals surface area (Å²) in [5.41, 5.74) is 0.856. The first kappa shape index (κ1) is 17.4. The summed E-state index contributed by atoms with van der Waals surface area (Å²) in [7, 11) is 1.72. The molecule has 6 nitrogen and oxygen atoms in total. The second-order valence-corrected chi connectivity index (χ2v) is 7.12. The van der Waals surface area contributed by atoms with Crippen LogP contribution in [0, 0.1) is 6.92 Å². The summed E-state index contributed by atoms with van der Waals surface area (Å²) in [5.74, 6) is 1.70. The molecule has 25 heavy (non-hydrogen) atoms. The van der Waals surface area contributed by atoms with Crippen molar-refractivity contribution >= 4 is 28.9 Å². The molecule has 0 aliphatic rings. The molecule has 3 rings (SSSR count). The molecular weight excluding hydrogens is 358 g/mol. The number of guanidine groups is 1. The van der Waals surface area contributed by atoms with E-state index in [4.69, 9.17) is 16.1 Å². The van der Waals surface area contributed by atoms with Gasteiger partial charge in [0.2, 0.25) is 11.7 Å². The molecule has 3 aromatic rings. The van der Waals surface area contributed by atoms with Crippen molar-refractivity contribution in [3.63, 3.8) is 0 Å². The number of halogens is 1. The molecular formula is C17H18ClN5OS. The summed E-state index contributed by atoms with van der Waals surface area (Å²) in [4.78, 5) is 11.1. The topological polar surface area (TPSA) is 75.3 Å². The number of aryl methyl sites for hydroxylation is 1. The lowest BCUT2D eigenvalue weighted by molar-refractivity contribution is 0.375. The summed E-state index contributed by atoms with van der Waals surface area (Å²) >= 11 is 7.65. The van der Waals surface area contributed by atoms with Crippen LogP contribution in [-0.4, -0.2) is 23.1 Å². The Morgan fingerprint density at radius 3 is 2.60 bits per heavy atom. The number of aromatic nitrogens is 2. The van der Waals surface area contributed by atoms with Gasteiger partial charge in [-0.3, -0.25) is 4.99 Å². The summed E-state index contributed by atoms with van der Waals surface area (Å²) in [6, 6.07) is 11.5. The van der Waals surface area contributed by atoms with E-state index in [1.165, 1.54) is 9.75 Å². The lowest BCUT2D eigenvalue weighted by Gasteiger charge is -2.09. The molecule has 0 atom stereocenters. The first-order valence-electron chi connectivity index (χ1n) is 7.72. The van der Waals surface area contributed by atoms with Crippen molar-refractivity contribution in [2.45, 2.75) is 20.0 Å². The Balaban J connectivity index is 1.54. The molecule has 0 aliphatic carbocycles. The fraction of sp³-hybridized carbons (Fsp3) is 0.235. The van der Waals surface area contributed by atoms with Gasteiger partial charge < -0.3 is 15.2 Å². The molecule has 0 radical (unpaired) electrons. The molecule has 0 spiro atoms. The molecule has 8 heteroatoms. The first-order chi connectivity index (χ1) is 12.1. The van der Waals surface area contributed by atoms with E-state index in [0.29, 0.717) is 29.2 Å². The van der Waals surface area contributed by atoms with Crippen LogP contribution >= 0.6 is 22.9 Å². The Morgan fingerprint density at radius 1 is 1.16 bits per heavy atom. The van der Waals surface area contributed by atoms with E-state index < -0.39 is 0 Å². The standard InChI is InChI=1S/C17H18ClN5OS/c1-11-3-8-14(25-11)9-20-17(19-2)21-10-15-22-16(23-24-15)12-4-6-13(18)7-5-12/h3-8H,9-10H2,1-2H3,(H2,19,20,21). The number of benzene rings is 1. The van der Waals surface area contributed by atoms with Crippen LogP contribution in [-0.2, 0) is 13.1 Å². The second kappa shape index (κ2) is 8.13. The van der Waals surface area contributed by atoms with Gasteiger partial charge >= 0.3 is 0 Å². The normalized spacial score (nSPS) is 11.6. The second-order valence-electron chi connectivity index (χ2n) is 5.31. The van der Waals surface area contributed by atoms with Crippen LogP contribution in [0.1, 0.15) is 15.6 Å². The van der Waals surface area contributed by atoms with Crippen molar-refractivity contribution in [2.75, 3.05) is 7.05 Å². The molecule has 0 amide bonds. The molecule has 2 aromatic heterocycles. The molecule has 130 valence electrons. The van der Waals surface area contributed by atoms with Crippen molar-refractivity contribution in [1.29, 1.82) is 0 Å². The van der Waals surface area contributed by atoms with Gasteiger partial charge in [-0.05, 0) is 43.3 Å². The number of thiophene rings is 1. The van der Waals surface area contributed by atoms with Gasteiger partial charge in [0.05, 0.1) is 13.1 Å². The fourth-order valence-corrected chi connectivity index (χ4v) is 3.13. The number of hydrogen-bond acceptors (Lipinski definition) is 5. The maximum absolute atomic E-state index is 5.89. The number of nitrogens with zero attached hydrogens (tertiary/aromatic N) is 3.